The van der Waals surface area contributed by atoms with Crippen LogP contribution in [0.3, 0.4) is 0 Å². The molecule has 1 amide bonds. The second-order valence-corrected chi connectivity index (χ2v) is 8.98. The number of aromatic nitrogens is 6. The quantitative estimate of drug-likeness (QED) is 0.522. The van der Waals surface area contributed by atoms with Crippen molar-refractivity contribution in [3.8, 4) is 0 Å². The number of H-pyrrole nitrogens is 1. The summed E-state index contributed by atoms with van der Waals surface area (Å²) in [5, 5.41) is 22.2. The lowest BCUT2D eigenvalue weighted by Gasteiger charge is -2.36. The molecule has 3 heterocycles. The molecule has 2 aromatic heterocycles. The number of hydrogen-bond acceptors (Lipinski definition) is 5. The second kappa shape index (κ2) is 9.06. The molecule has 168 valence electrons. The van der Waals surface area contributed by atoms with Gasteiger partial charge in [0.2, 0.25) is 5.82 Å². The number of nitrogens with one attached hydrogen (secondary N) is 2. The molecule has 0 radical (unpaired) electrons. The minimum Gasteiger partial charge on any atom is -0.342 e. The van der Waals surface area contributed by atoms with E-state index in [1.807, 2.05) is 16.9 Å². The Kier molecular flexibility index (Phi) is 6.21. The van der Waals surface area contributed by atoms with Crippen LogP contribution in [0.2, 0.25) is 0 Å². The second-order valence-electron chi connectivity index (χ2n) is 8.98. The van der Waals surface area contributed by atoms with Crippen molar-refractivity contribution >= 4 is 17.1 Å². The molecule has 0 bridgehead atoms. The lowest BCUT2D eigenvalue weighted by molar-refractivity contribution is -0.117. The molecule has 1 aliphatic rings. The van der Waals surface area contributed by atoms with Crippen LogP contribution in [0.15, 0.2) is 36.5 Å². The molecule has 4 rings (SSSR count). The summed E-state index contributed by atoms with van der Waals surface area (Å²) in [5.41, 5.74) is 3.83. The number of carbonyl (C=O) groups is 1. The van der Waals surface area contributed by atoms with E-state index in [0.717, 1.165) is 23.3 Å². The summed E-state index contributed by atoms with van der Waals surface area (Å²) in [6.45, 7) is 8.42. The van der Waals surface area contributed by atoms with Crippen molar-refractivity contribution in [2.75, 3.05) is 0 Å². The van der Waals surface area contributed by atoms with Gasteiger partial charge in [-0.05, 0) is 61.6 Å². The summed E-state index contributed by atoms with van der Waals surface area (Å²) in [6.07, 6.45) is 7.25. The molecule has 0 spiro atoms. The van der Waals surface area contributed by atoms with Gasteiger partial charge in [0, 0.05) is 18.7 Å². The van der Waals surface area contributed by atoms with E-state index in [1.165, 1.54) is 24.8 Å². The molecule has 0 aliphatic carbocycles. The molecule has 1 atom stereocenters. The number of tetrazole rings is 1. The van der Waals surface area contributed by atoms with Crippen LogP contribution in [0.5, 0.6) is 0 Å². The molecule has 0 unspecified atom stereocenters. The fraction of sp³-hybridized carbons (Fsp3) is 0.458. The lowest BCUT2D eigenvalue weighted by Crippen LogP contribution is -2.47. The van der Waals surface area contributed by atoms with Crippen LogP contribution in [0.25, 0.3) is 11.1 Å². The summed E-state index contributed by atoms with van der Waals surface area (Å²) in [4.78, 5) is 13.3. The highest BCUT2D eigenvalue weighted by Crippen LogP contribution is 2.40. The molecule has 0 fully saturated rings. The Morgan fingerprint density at radius 2 is 1.94 bits per heavy atom. The predicted molar refractivity (Wildman–Crippen MR) is 123 cm³/mol. The molecular formula is C24H31N7O. The minimum absolute atomic E-state index is 0.221. The maximum atomic E-state index is 13.3. The van der Waals surface area contributed by atoms with Crippen molar-refractivity contribution < 1.29 is 4.79 Å². The molecular weight excluding hydrogens is 402 g/mol. The number of rotatable bonds is 8. The Hall–Kier alpha value is -3.29. The van der Waals surface area contributed by atoms with Crippen molar-refractivity contribution in [3.05, 3.63) is 59.2 Å². The highest BCUT2D eigenvalue weighted by molar-refractivity contribution is 6.27. The number of hydrogen-bond donors (Lipinski definition) is 2. The maximum absolute atomic E-state index is 13.3. The molecule has 32 heavy (non-hydrogen) atoms. The van der Waals surface area contributed by atoms with Crippen LogP contribution in [-0.2, 0) is 16.8 Å². The molecule has 1 aromatic carbocycles. The first kappa shape index (κ1) is 21.9. The van der Waals surface area contributed by atoms with Gasteiger partial charge in [-0.1, -0.05) is 44.0 Å². The van der Waals surface area contributed by atoms with E-state index in [-0.39, 0.29) is 17.8 Å². The average molecular weight is 434 g/mol. The molecule has 1 aliphatic heterocycles. The molecule has 0 saturated carbocycles. The van der Waals surface area contributed by atoms with Crippen molar-refractivity contribution in [3.63, 3.8) is 0 Å². The van der Waals surface area contributed by atoms with Gasteiger partial charge >= 0.3 is 0 Å². The zero-order valence-corrected chi connectivity index (χ0v) is 19.2. The number of carbonyl (C=O) groups excluding carboxylic acids is 1. The zero-order valence-electron chi connectivity index (χ0n) is 19.2. The van der Waals surface area contributed by atoms with Crippen molar-refractivity contribution in [2.24, 2.45) is 0 Å². The largest absolute Gasteiger partial charge is 0.342 e. The average Bonchev–Trinajstić information content (AvgIpc) is 3.46. The van der Waals surface area contributed by atoms with Crippen LogP contribution < -0.4 is 5.32 Å². The van der Waals surface area contributed by atoms with E-state index in [1.54, 1.807) is 0 Å². The Bertz CT molecular complexity index is 1100. The fourth-order valence-electron chi connectivity index (χ4n) is 4.24. The van der Waals surface area contributed by atoms with Gasteiger partial charge in [-0.15, -0.1) is 10.2 Å². The van der Waals surface area contributed by atoms with Crippen LogP contribution >= 0.6 is 0 Å². The number of nitrogens with zero attached hydrogens (tertiary/aromatic N) is 5. The number of unbranched alkanes of at least 4 members (excludes halogenated alkanes) is 2. The Balaban J connectivity index is 1.70. The van der Waals surface area contributed by atoms with Crippen LogP contribution in [0.1, 0.15) is 82.1 Å². The summed E-state index contributed by atoms with van der Waals surface area (Å²) in [5.74, 6) is 0.0613. The fourth-order valence-corrected chi connectivity index (χ4v) is 4.24. The number of aryl methyl sites for hydroxylation is 1. The van der Waals surface area contributed by atoms with Crippen molar-refractivity contribution in [2.45, 2.75) is 71.4 Å². The van der Waals surface area contributed by atoms with Gasteiger partial charge in [-0.25, -0.2) is 0 Å². The van der Waals surface area contributed by atoms with Gasteiger partial charge in [-0.3, -0.25) is 9.48 Å². The maximum Gasteiger partial charge on any atom is 0.256 e. The van der Waals surface area contributed by atoms with Crippen molar-refractivity contribution in [1.82, 2.24) is 35.7 Å². The highest BCUT2D eigenvalue weighted by Gasteiger charge is 2.39. The zero-order chi connectivity index (χ0) is 22.7. The Morgan fingerprint density at radius 1 is 1.16 bits per heavy atom. The highest BCUT2D eigenvalue weighted by atomic mass is 16.2. The van der Waals surface area contributed by atoms with Crippen molar-refractivity contribution in [1.29, 1.82) is 0 Å². The van der Waals surface area contributed by atoms with Gasteiger partial charge < -0.3 is 5.32 Å². The molecule has 2 N–H and O–H groups in total. The molecule has 3 aromatic rings. The van der Waals surface area contributed by atoms with Gasteiger partial charge in [0.1, 0.15) is 0 Å². The van der Waals surface area contributed by atoms with Gasteiger partial charge in [0.15, 0.2) is 0 Å². The monoisotopic (exact) mass is 433 g/mol. The summed E-state index contributed by atoms with van der Waals surface area (Å²) in [7, 11) is 0. The van der Waals surface area contributed by atoms with E-state index in [0.29, 0.717) is 12.0 Å². The summed E-state index contributed by atoms with van der Waals surface area (Å²) >= 11 is 0. The van der Waals surface area contributed by atoms with Crippen LogP contribution in [-0.4, -0.2) is 36.3 Å². The minimum atomic E-state index is -0.566. The van der Waals surface area contributed by atoms with E-state index in [4.69, 9.17) is 5.10 Å². The third-order valence-corrected chi connectivity index (χ3v) is 6.12. The van der Waals surface area contributed by atoms with Gasteiger partial charge in [0.05, 0.1) is 16.8 Å². The van der Waals surface area contributed by atoms with E-state index >= 15 is 0 Å². The van der Waals surface area contributed by atoms with Gasteiger partial charge in [0.25, 0.3) is 5.91 Å². The number of benzene rings is 1. The Labute approximate surface area is 188 Å². The molecule has 8 nitrogen and oxygen atoms in total. The summed E-state index contributed by atoms with van der Waals surface area (Å²) < 4.78 is 1.89. The standard InChI is InChI=1S/C24H31N7O/c1-5-6-7-8-17-9-11-18(12-10-17)24(4)15-19(20-13-14-31(28-20)16(2)3)21(23(32)25-24)22-26-29-30-27-22/h9-14,16H,5-8,15H2,1-4H3,(H,25,32)(H,26,27,29,30)/t24-/m0/s1. The summed E-state index contributed by atoms with van der Waals surface area (Å²) in [6, 6.07) is 10.8. The topological polar surface area (TPSA) is 101 Å². The lowest BCUT2D eigenvalue weighted by atomic mass is 9.79. The molecule has 0 saturated heterocycles. The smallest absolute Gasteiger partial charge is 0.256 e. The van der Waals surface area contributed by atoms with Crippen LogP contribution in [0.4, 0.5) is 0 Å². The first-order chi connectivity index (χ1) is 15.4. The van der Waals surface area contributed by atoms with E-state index in [9.17, 15) is 4.79 Å². The third-order valence-electron chi connectivity index (χ3n) is 6.12. The van der Waals surface area contributed by atoms with E-state index in [2.05, 4.69) is 77.9 Å². The van der Waals surface area contributed by atoms with Gasteiger partial charge in [-0.2, -0.15) is 10.3 Å². The number of aromatic amines is 1. The Morgan fingerprint density at radius 3 is 2.56 bits per heavy atom. The van der Waals surface area contributed by atoms with Crippen LogP contribution in [0, 0.1) is 0 Å². The first-order valence-corrected chi connectivity index (χ1v) is 11.4. The third kappa shape index (κ3) is 4.35. The first-order valence-electron chi connectivity index (χ1n) is 11.4. The predicted octanol–water partition coefficient (Wildman–Crippen LogP) is 4.06. The SMILES string of the molecule is CCCCCc1ccc([C@]2(C)CC(c3ccn(C(C)C)n3)=C(c3nn[nH]n3)C(=O)N2)cc1. The van der Waals surface area contributed by atoms with E-state index < -0.39 is 5.54 Å². The number of amides is 1. The molecule has 8 heteroatoms. The normalized spacial score (nSPS) is 19.0.